The van der Waals surface area contributed by atoms with Crippen LogP contribution < -0.4 is 4.74 Å². The van der Waals surface area contributed by atoms with Gasteiger partial charge in [-0.25, -0.2) is 4.98 Å². The van der Waals surface area contributed by atoms with Crippen LogP contribution in [0.25, 0.3) is 0 Å². The van der Waals surface area contributed by atoms with Crippen LogP contribution in [0.15, 0.2) is 42.6 Å². The van der Waals surface area contributed by atoms with Gasteiger partial charge in [-0.05, 0) is 35.7 Å². The van der Waals surface area contributed by atoms with Crippen LogP contribution >= 0.6 is 11.6 Å². The second-order valence-corrected chi connectivity index (χ2v) is 3.90. The summed E-state index contributed by atoms with van der Waals surface area (Å²) in [6.45, 7) is 0. The molecule has 0 fully saturated rings. The highest BCUT2D eigenvalue weighted by Crippen LogP contribution is 2.15. The molecule has 2 aromatic rings. The largest absolute Gasteiger partial charge is 0.497 e. The van der Waals surface area contributed by atoms with Gasteiger partial charge in [-0.2, -0.15) is 0 Å². The summed E-state index contributed by atoms with van der Waals surface area (Å²) in [7, 11) is 1.66. The number of benzene rings is 1. The number of hydrogen-bond donors (Lipinski definition) is 0. The summed E-state index contributed by atoms with van der Waals surface area (Å²) >= 11 is 5.73. The SMILES string of the molecule is COc1ccc(Cc2ccc(Cl)nc2)cc1. The van der Waals surface area contributed by atoms with Crippen molar-refractivity contribution in [3.8, 4) is 5.75 Å². The lowest BCUT2D eigenvalue weighted by Crippen LogP contribution is -1.90. The lowest BCUT2D eigenvalue weighted by molar-refractivity contribution is 0.414. The van der Waals surface area contributed by atoms with Crippen molar-refractivity contribution < 1.29 is 4.74 Å². The fourth-order valence-electron chi connectivity index (χ4n) is 1.49. The summed E-state index contributed by atoms with van der Waals surface area (Å²) < 4.78 is 5.11. The van der Waals surface area contributed by atoms with Gasteiger partial charge in [-0.15, -0.1) is 0 Å². The van der Waals surface area contributed by atoms with Gasteiger partial charge in [0.05, 0.1) is 7.11 Å². The van der Waals surface area contributed by atoms with E-state index >= 15 is 0 Å². The van der Waals surface area contributed by atoms with Gasteiger partial charge in [0.25, 0.3) is 0 Å². The van der Waals surface area contributed by atoms with Gasteiger partial charge in [-0.1, -0.05) is 29.8 Å². The average Bonchev–Trinajstić information content (AvgIpc) is 2.33. The van der Waals surface area contributed by atoms with E-state index < -0.39 is 0 Å². The molecule has 0 spiro atoms. The normalized spacial score (nSPS) is 10.1. The first kappa shape index (κ1) is 11.0. The minimum atomic E-state index is 0.526. The van der Waals surface area contributed by atoms with E-state index in [4.69, 9.17) is 16.3 Å². The van der Waals surface area contributed by atoms with E-state index in [9.17, 15) is 0 Å². The summed E-state index contributed by atoms with van der Waals surface area (Å²) in [6.07, 6.45) is 2.65. The Kier molecular flexibility index (Phi) is 3.42. The van der Waals surface area contributed by atoms with Crippen molar-refractivity contribution >= 4 is 11.6 Å². The van der Waals surface area contributed by atoms with Gasteiger partial charge in [0, 0.05) is 6.20 Å². The third-order valence-corrected chi connectivity index (χ3v) is 2.58. The Morgan fingerprint density at radius 1 is 1.06 bits per heavy atom. The molecule has 3 heteroatoms. The summed E-state index contributed by atoms with van der Waals surface area (Å²) in [5, 5.41) is 0.526. The van der Waals surface area contributed by atoms with Gasteiger partial charge in [0.2, 0.25) is 0 Å². The highest BCUT2D eigenvalue weighted by atomic mass is 35.5. The van der Waals surface area contributed by atoms with E-state index in [1.165, 1.54) is 5.56 Å². The molecule has 1 aromatic heterocycles. The number of nitrogens with zero attached hydrogens (tertiary/aromatic N) is 1. The quantitative estimate of drug-likeness (QED) is 0.759. The molecule has 0 saturated carbocycles. The molecule has 0 N–H and O–H groups in total. The number of halogens is 1. The standard InChI is InChI=1S/C13H12ClNO/c1-16-12-5-2-10(3-6-12)8-11-4-7-13(14)15-9-11/h2-7,9H,8H2,1H3. The molecule has 1 aromatic carbocycles. The fraction of sp³-hybridized carbons (Fsp3) is 0.154. The van der Waals surface area contributed by atoms with Crippen LogP contribution in [0.3, 0.4) is 0 Å². The Morgan fingerprint density at radius 2 is 1.75 bits per heavy atom. The second kappa shape index (κ2) is 4.99. The van der Waals surface area contributed by atoms with Crippen molar-refractivity contribution in [3.05, 3.63) is 58.9 Å². The van der Waals surface area contributed by atoms with Gasteiger partial charge in [-0.3, -0.25) is 0 Å². The van der Waals surface area contributed by atoms with E-state index in [1.807, 2.05) is 30.3 Å². The first-order valence-electron chi connectivity index (χ1n) is 5.01. The zero-order valence-electron chi connectivity index (χ0n) is 8.98. The molecule has 0 bridgehead atoms. The summed E-state index contributed by atoms with van der Waals surface area (Å²) in [5.41, 5.74) is 2.37. The average molecular weight is 234 g/mol. The highest BCUT2D eigenvalue weighted by molar-refractivity contribution is 6.29. The molecular formula is C13H12ClNO. The molecule has 0 amide bonds. The Balaban J connectivity index is 2.11. The van der Waals surface area contributed by atoms with Crippen molar-refractivity contribution in [1.29, 1.82) is 0 Å². The van der Waals surface area contributed by atoms with Crippen molar-refractivity contribution in [2.24, 2.45) is 0 Å². The number of aromatic nitrogens is 1. The van der Waals surface area contributed by atoms with E-state index in [2.05, 4.69) is 4.98 Å². The second-order valence-electron chi connectivity index (χ2n) is 3.51. The van der Waals surface area contributed by atoms with Crippen LogP contribution in [0, 0.1) is 0 Å². The van der Waals surface area contributed by atoms with Gasteiger partial charge in [0.1, 0.15) is 10.9 Å². The lowest BCUT2D eigenvalue weighted by atomic mass is 10.1. The van der Waals surface area contributed by atoms with Crippen LogP contribution in [0.2, 0.25) is 5.15 Å². The number of pyridine rings is 1. The summed E-state index contributed by atoms with van der Waals surface area (Å²) in [4.78, 5) is 4.05. The molecule has 82 valence electrons. The Labute approximate surface area is 99.9 Å². The lowest BCUT2D eigenvalue weighted by Gasteiger charge is -2.03. The predicted octanol–water partition coefficient (Wildman–Crippen LogP) is 3.33. The Morgan fingerprint density at radius 3 is 2.31 bits per heavy atom. The maximum atomic E-state index is 5.73. The minimum absolute atomic E-state index is 0.526. The van der Waals surface area contributed by atoms with Gasteiger partial charge in [0.15, 0.2) is 0 Å². The fourth-order valence-corrected chi connectivity index (χ4v) is 1.60. The molecular weight excluding hydrogens is 222 g/mol. The molecule has 1 heterocycles. The van der Waals surface area contributed by atoms with Gasteiger partial charge < -0.3 is 4.74 Å². The molecule has 2 nitrogen and oxygen atoms in total. The number of methoxy groups -OCH3 is 1. The van der Waals surface area contributed by atoms with Crippen LogP contribution in [-0.4, -0.2) is 12.1 Å². The smallest absolute Gasteiger partial charge is 0.129 e. The first-order valence-corrected chi connectivity index (χ1v) is 5.39. The highest BCUT2D eigenvalue weighted by Gasteiger charge is 1.98. The maximum absolute atomic E-state index is 5.73. The molecule has 0 aliphatic carbocycles. The van der Waals surface area contributed by atoms with Crippen LogP contribution in [0.1, 0.15) is 11.1 Å². The molecule has 2 rings (SSSR count). The minimum Gasteiger partial charge on any atom is -0.497 e. The third kappa shape index (κ3) is 2.74. The van der Waals surface area contributed by atoms with Crippen molar-refractivity contribution in [3.63, 3.8) is 0 Å². The van der Waals surface area contributed by atoms with Crippen molar-refractivity contribution in [1.82, 2.24) is 4.98 Å². The molecule has 0 aliphatic heterocycles. The van der Waals surface area contributed by atoms with Crippen molar-refractivity contribution in [2.75, 3.05) is 7.11 Å². The topological polar surface area (TPSA) is 22.1 Å². The molecule has 0 atom stereocenters. The van der Waals surface area contributed by atoms with E-state index in [0.29, 0.717) is 5.15 Å². The Hall–Kier alpha value is -1.54. The maximum Gasteiger partial charge on any atom is 0.129 e. The zero-order chi connectivity index (χ0) is 11.4. The van der Waals surface area contributed by atoms with Crippen molar-refractivity contribution in [2.45, 2.75) is 6.42 Å². The summed E-state index contributed by atoms with van der Waals surface area (Å²) in [6, 6.07) is 11.8. The molecule has 0 unspecified atom stereocenters. The first-order chi connectivity index (χ1) is 7.78. The third-order valence-electron chi connectivity index (χ3n) is 2.36. The molecule has 16 heavy (non-hydrogen) atoms. The number of rotatable bonds is 3. The van der Waals surface area contributed by atoms with E-state index in [0.717, 1.165) is 17.7 Å². The Bertz CT molecular complexity index is 450. The number of hydrogen-bond acceptors (Lipinski definition) is 2. The molecule has 0 aliphatic rings. The van der Waals surface area contributed by atoms with Gasteiger partial charge >= 0.3 is 0 Å². The predicted molar refractivity (Wildman–Crippen MR) is 65.0 cm³/mol. The van der Waals surface area contributed by atoms with Crippen LogP contribution in [0.4, 0.5) is 0 Å². The monoisotopic (exact) mass is 233 g/mol. The number of ether oxygens (including phenoxy) is 1. The summed E-state index contributed by atoms with van der Waals surface area (Å²) in [5.74, 6) is 0.873. The van der Waals surface area contributed by atoms with Crippen LogP contribution in [0.5, 0.6) is 5.75 Å². The zero-order valence-corrected chi connectivity index (χ0v) is 9.74. The molecule has 0 saturated heterocycles. The van der Waals surface area contributed by atoms with Crippen LogP contribution in [-0.2, 0) is 6.42 Å². The molecule has 0 radical (unpaired) electrons. The van der Waals surface area contributed by atoms with E-state index in [1.54, 1.807) is 19.4 Å². The van der Waals surface area contributed by atoms with E-state index in [-0.39, 0.29) is 0 Å².